The molecule has 2 aromatic rings. The Balaban J connectivity index is 2.45. The van der Waals surface area contributed by atoms with E-state index in [9.17, 15) is 26.4 Å². The van der Waals surface area contributed by atoms with Gasteiger partial charge in [-0.05, 0) is 29.6 Å². The highest BCUT2D eigenvalue weighted by molar-refractivity contribution is 7.92. The van der Waals surface area contributed by atoms with Gasteiger partial charge in [0.2, 0.25) is 0 Å². The summed E-state index contributed by atoms with van der Waals surface area (Å²) < 4.78 is 69.5. The lowest BCUT2D eigenvalue weighted by Crippen LogP contribution is -2.16. The van der Waals surface area contributed by atoms with Crippen molar-refractivity contribution in [2.45, 2.75) is 11.1 Å². The van der Waals surface area contributed by atoms with E-state index >= 15 is 0 Å². The van der Waals surface area contributed by atoms with E-state index in [1.807, 2.05) is 4.72 Å². The Kier molecular flexibility index (Phi) is 5.11. The molecule has 11 heteroatoms. The molecule has 0 fully saturated rings. The fourth-order valence-electron chi connectivity index (χ4n) is 1.73. The van der Waals surface area contributed by atoms with E-state index in [1.54, 1.807) is 0 Å². The fraction of sp³-hybridized carbons (Fsp3) is 0.154. The van der Waals surface area contributed by atoms with Crippen molar-refractivity contribution in [2.75, 3.05) is 11.8 Å². The standard InChI is InChI=1S/C13H9ClF3NO4S2/c1-22-12(19)11-9(4-5-23-11)18-24(20,21)10-6-7(13(15,16)17)2-3-8(10)14/h2-6,18H,1H3. The number of hydrogen-bond acceptors (Lipinski definition) is 5. The van der Waals surface area contributed by atoms with Crippen LogP contribution in [0.25, 0.3) is 0 Å². The second-order valence-electron chi connectivity index (χ2n) is 4.40. The van der Waals surface area contributed by atoms with Crippen LogP contribution in [0.5, 0.6) is 0 Å². The van der Waals surface area contributed by atoms with Gasteiger partial charge in [-0.1, -0.05) is 11.6 Å². The van der Waals surface area contributed by atoms with Crippen molar-refractivity contribution >= 4 is 44.6 Å². The predicted molar refractivity (Wildman–Crippen MR) is 82.9 cm³/mol. The molecule has 0 saturated heterocycles. The first-order valence-corrected chi connectivity index (χ1v) is 8.85. The summed E-state index contributed by atoms with van der Waals surface area (Å²) in [5, 5.41) is 1.04. The first kappa shape index (κ1) is 18.6. The van der Waals surface area contributed by atoms with Gasteiger partial charge in [0.05, 0.1) is 23.4 Å². The van der Waals surface area contributed by atoms with Gasteiger partial charge in [0.25, 0.3) is 10.0 Å². The van der Waals surface area contributed by atoms with Crippen LogP contribution < -0.4 is 4.72 Å². The number of thiophene rings is 1. The van der Waals surface area contributed by atoms with Crippen molar-refractivity contribution in [3.63, 3.8) is 0 Å². The maximum absolute atomic E-state index is 12.8. The van der Waals surface area contributed by atoms with Crippen LogP contribution >= 0.6 is 22.9 Å². The Morgan fingerprint density at radius 3 is 2.54 bits per heavy atom. The van der Waals surface area contributed by atoms with E-state index in [1.165, 1.54) is 11.4 Å². The Morgan fingerprint density at radius 1 is 1.29 bits per heavy atom. The lowest BCUT2D eigenvalue weighted by atomic mass is 10.2. The normalized spacial score (nSPS) is 12.0. The molecule has 1 aromatic carbocycles. The van der Waals surface area contributed by atoms with Crippen LogP contribution in [0, 0.1) is 0 Å². The number of esters is 1. The molecule has 5 nitrogen and oxygen atoms in total. The Bertz CT molecular complexity index is 878. The number of carbonyl (C=O) groups excluding carboxylic acids is 1. The minimum absolute atomic E-state index is 0.0378. The van der Waals surface area contributed by atoms with Gasteiger partial charge in [0.1, 0.15) is 9.77 Å². The summed E-state index contributed by atoms with van der Waals surface area (Å²) in [7, 11) is -3.33. The highest BCUT2D eigenvalue weighted by Crippen LogP contribution is 2.34. The molecule has 0 amide bonds. The van der Waals surface area contributed by atoms with Gasteiger partial charge in [0.15, 0.2) is 0 Å². The summed E-state index contributed by atoms with van der Waals surface area (Å²) in [6, 6.07) is 3.23. The molecule has 0 spiro atoms. The van der Waals surface area contributed by atoms with Crippen molar-refractivity contribution < 1.29 is 31.1 Å². The number of carbonyl (C=O) groups is 1. The van der Waals surface area contributed by atoms with Crippen molar-refractivity contribution in [2.24, 2.45) is 0 Å². The molecule has 130 valence electrons. The van der Waals surface area contributed by atoms with Crippen molar-refractivity contribution in [1.29, 1.82) is 0 Å². The van der Waals surface area contributed by atoms with Crippen LogP contribution in [0.4, 0.5) is 18.9 Å². The number of alkyl halides is 3. The lowest BCUT2D eigenvalue weighted by molar-refractivity contribution is -0.137. The summed E-state index contributed by atoms with van der Waals surface area (Å²) in [6.45, 7) is 0. The molecule has 1 N–H and O–H groups in total. The first-order chi connectivity index (χ1) is 11.1. The average Bonchev–Trinajstić information content (AvgIpc) is 2.92. The summed E-state index contributed by atoms with van der Waals surface area (Å²) in [5.74, 6) is -0.780. The minimum Gasteiger partial charge on any atom is -0.465 e. The van der Waals surface area contributed by atoms with E-state index < -0.39 is 32.6 Å². The maximum atomic E-state index is 12.8. The van der Waals surface area contributed by atoms with E-state index in [-0.39, 0.29) is 15.6 Å². The van der Waals surface area contributed by atoms with Crippen LogP contribution in [-0.2, 0) is 20.9 Å². The van der Waals surface area contributed by atoms with Gasteiger partial charge in [-0.15, -0.1) is 11.3 Å². The smallest absolute Gasteiger partial charge is 0.416 e. The van der Waals surface area contributed by atoms with Gasteiger partial charge in [0, 0.05) is 0 Å². The van der Waals surface area contributed by atoms with Gasteiger partial charge in [-0.2, -0.15) is 13.2 Å². The highest BCUT2D eigenvalue weighted by Gasteiger charge is 2.33. The van der Waals surface area contributed by atoms with Crippen LogP contribution in [0.2, 0.25) is 5.02 Å². The lowest BCUT2D eigenvalue weighted by Gasteiger charge is -2.12. The third-order valence-corrected chi connectivity index (χ3v) is 5.57. The van der Waals surface area contributed by atoms with E-state index in [2.05, 4.69) is 4.74 Å². The number of benzene rings is 1. The number of hydrogen-bond donors (Lipinski definition) is 1. The quantitative estimate of drug-likeness (QED) is 0.788. The largest absolute Gasteiger partial charge is 0.465 e. The number of sulfonamides is 1. The third-order valence-electron chi connectivity index (χ3n) is 2.83. The highest BCUT2D eigenvalue weighted by atomic mass is 35.5. The van der Waals surface area contributed by atoms with E-state index in [4.69, 9.17) is 11.6 Å². The molecule has 0 aliphatic carbocycles. The number of methoxy groups -OCH3 is 1. The third kappa shape index (κ3) is 3.82. The maximum Gasteiger partial charge on any atom is 0.416 e. The number of rotatable bonds is 4. The summed E-state index contributed by atoms with van der Waals surface area (Å²) in [5.41, 5.74) is -1.27. The number of halogens is 4. The number of nitrogens with one attached hydrogen (secondary N) is 1. The molecule has 0 radical (unpaired) electrons. The van der Waals surface area contributed by atoms with Gasteiger partial charge >= 0.3 is 12.1 Å². The molecule has 0 aliphatic rings. The zero-order valence-corrected chi connectivity index (χ0v) is 14.2. The molecular formula is C13H9ClF3NO4S2. The molecular weight excluding hydrogens is 391 g/mol. The summed E-state index contributed by atoms with van der Waals surface area (Å²) in [4.78, 5) is 10.8. The van der Waals surface area contributed by atoms with Crippen LogP contribution in [0.1, 0.15) is 15.2 Å². The van der Waals surface area contributed by atoms with Crippen molar-refractivity contribution in [3.8, 4) is 0 Å². The van der Waals surface area contributed by atoms with Crippen molar-refractivity contribution in [1.82, 2.24) is 0 Å². The summed E-state index contributed by atoms with van der Waals surface area (Å²) >= 11 is 6.64. The van der Waals surface area contributed by atoms with Gasteiger partial charge < -0.3 is 4.74 Å². The van der Waals surface area contributed by atoms with Gasteiger partial charge in [-0.25, -0.2) is 13.2 Å². The average molecular weight is 400 g/mol. The Hall–Kier alpha value is -1.78. The fourth-order valence-corrected chi connectivity index (χ4v) is 4.15. The second kappa shape index (κ2) is 6.61. The molecule has 0 atom stereocenters. The van der Waals surface area contributed by atoms with E-state index in [0.29, 0.717) is 12.1 Å². The zero-order valence-electron chi connectivity index (χ0n) is 11.8. The molecule has 0 saturated carbocycles. The predicted octanol–water partition coefficient (Wildman–Crippen LogP) is 4.01. The van der Waals surface area contributed by atoms with E-state index in [0.717, 1.165) is 24.5 Å². The molecule has 2 rings (SSSR count). The number of anilines is 1. The van der Waals surface area contributed by atoms with Crippen LogP contribution in [0.3, 0.4) is 0 Å². The van der Waals surface area contributed by atoms with Crippen molar-refractivity contribution in [3.05, 3.63) is 45.1 Å². The molecule has 1 heterocycles. The SMILES string of the molecule is COC(=O)c1sccc1NS(=O)(=O)c1cc(C(F)(F)F)ccc1Cl. The minimum atomic E-state index is -4.73. The topological polar surface area (TPSA) is 72.5 Å². The molecule has 0 unspecified atom stereocenters. The Morgan fingerprint density at radius 2 is 1.96 bits per heavy atom. The molecule has 1 aromatic heterocycles. The monoisotopic (exact) mass is 399 g/mol. The number of ether oxygens (including phenoxy) is 1. The molecule has 0 aliphatic heterocycles. The zero-order chi connectivity index (χ0) is 18.1. The molecule has 0 bridgehead atoms. The summed E-state index contributed by atoms with van der Waals surface area (Å²) in [6.07, 6.45) is -4.73. The molecule has 24 heavy (non-hydrogen) atoms. The van der Waals surface area contributed by atoms with Crippen LogP contribution in [0.15, 0.2) is 34.5 Å². The second-order valence-corrected chi connectivity index (χ2v) is 7.38. The van der Waals surface area contributed by atoms with Crippen LogP contribution in [-0.4, -0.2) is 21.5 Å². The first-order valence-electron chi connectivity index (χ1n) is 6.11. The Labute approximate surface area is 144 Å². The van der Waals surface area contributed by atoms with Gasteiger partial charge in [-0.3, -0.25) is 4.72 Å².